The Balaban J connectivity index is 0. The van der Waals surface area contributed by atoms with Gasteiger partial charge in [0.25, 0.3) is 0 Å². The van der Waals surface area contributed by atoms with Gasteiger partial charge >= 0.3 is 11.7 Å². The molecule has 0 aliphatic carbocycles. The average molecular weight is 205 g/mol. The van der Waals surface area contributed by atoms with Crippen molar-refractivity contribution in [1.29, 1.82) is 0 Å². The first kappa shape index (κ1) is 14.5. The highest BCUT2D eigenvalue weighted by Gasteiger charge is 2.29. The number of Topliss-reactive ketones (excluding diaryl/α,β-unsaturated/α-hetero) is 1. The van der Waals surface area contributed by atoms with E-state index in [9.17, 15) is 19.7 Å². The summed E-state index contributed by atoms with van der Waals surface area (Å²) < 4.78 is 4.49. The van der Waals surface area contributed by atoms with E-state index in [2.05, 4.69) is 4.42 Å². The highest BCUT2D eigenvalue weighted by molar-refractivity contribution is 6.38. The fourth-order valence-corrected chi connectivity index (χ4v) is 0.596. The molecule has 0 spiro atoms. The third-order valence-electron chi connectivity index (χ3n) is 1.11. The Labute approximate surface area is 76.9 Å². The maximum Gasteiger partial charge on any atom is 0.520 e. The van der Waals surface area contributed by atoms with Crippen molar-refractivity contribution in [1.82, 2.24) is 0 Å². The molecule has 0 saturated carbocycles. The minimum Gasteiger partial charge on any atom is -0.460 e. The van der Waals surface area contributed by atoms with Gasteiger partial charge in [-0.05, 0) is 12.1 Å². The largest absolute Gasteiger partial charge is 0.520 e. The topological polar surface area (TPSA) is 153 Å². The lowest BCUT2D eigenvalue weighted by atomic mass is 10.3. The van der Waals surface area contributed by atoms with Gasteiger partial charge in [0, 0.05) is 0 Å². The zero-order valence-corrected chi connectivity index (χ0v) is 6.72. The molecular weight excluding hydrogens is 198 g/mol. The zero-order valence-electron chi connectivity index (χ0n) is 6.72. The van der Waals surface area contributed by atoms with Gasteiger partial charge in [-0.3, -0.25) is 14.9 Å². The fourth-order valence-electron chi connectivity index (χ4n) is 0.596. The second kappa shape index (κ2) is 5.56. The van der Waals surface area contributed by atoms with E-state index in [-0.39, 0.29) is 16.7 Å². The molecule has 0 unspecified atom stereocenters. The number of carbonyl (C=O) groups excluding carboxylic acids is 2. The molecule has 1 aromatic heterocycles. The molecular formula is C6H7NO7. The van der Waals surface area contributed by atoms with Crippen molar-refractivity contribution < 1.29 is 29.9 Å². The number of carbonyl (C=O) groups is 2. The van der Waals surface area contributed by atoms with Crippen LogP contribution in [0.5, 0.6) is 0 Å². The number of rotatable bonds is 2. The maximum absolute atomic E-state index is 10.8. The smallest absolute Gasteiger partial charge is 0.460 e. The average Bonchev–Trinajstić information content (AvgIpc) is 2.53. The summed E-state index contributed by atoms with van der Waals surface area (Å²) in [4.78, 5) is 29.7. The van der Waals surface area contributed by atoms with Crippen LogP contribution in [0.25, 0.3) is 0 Å². The van der Waals surface area contributed by atoms with E-state index in [0.29, 0.717) is 0 Å². The standard InChI is InChI=1S/C6H3NO5.2H2O/c8-5(6(9)7(10)11)4-2-1-3-12-4;;/h1-3H;2*1H2. The van der Waals surface area contributed by atoms with Crippen molar-refractivity contribution in [3.8, 4) is 0 Å². The van der Waals surface area contributed by atoms with Crippen LogP contribution < -0.4 is 0 Å². The minimum atomic E-state index is -1.69. The summed E-state index contributed by atoms with van der Waals surface area (Å²) >= 11 is 0. The quantitative estimate of drug-likeness (QED) is 0.251. The zero-order chi connectivity index (χ0) is 9.14. The van der Waals surface area contributed by atoms with Crippen LogP contribution >= 0.6 is 0 Å². The van der Waals surface area contributed by atoms with Gasteiger partial charge in [-0.1, -0.05) is 0 Å². The molecule has 1 aromatic rings. The molecule has 0 radical (unpaired) electrons. The Bertz CT molecular complexity index is 328. The Morgan fingerprint density at radius 2 is 1.93 bits per heavy atom. The first-order chi connectivity index (χ1) is 5.63. The molecule has 0 bridgehead atoms. The van der Waals surface area contributed by atoms with Gasteiger partial charge in [0.05, 0.1) is 6.26 Å². The number of furan rings is 1. The van der Waals surface area contributed by atoms with Crippen molar-refractivity contribution in [2.75, 3.05) is 0 Å². The normalized spacial score (nSPS) is 8.00. The van der Waals surface area contributed by atoms with Gasteiger partial charge in [0.1, 0.15) is 4.92 Å². The highest BCUT2D eigenvalue weighted by Crippen LogP contribution is 2.01. The first-order valence-electron chi connectivity index (χ1n) is 2.89. The van der Waals surface area contributed by atoms with Crippen molar-refractivity contribution in [2.45, 2.75) is 0 Å². The van der Waals surface area contributed by atoms with Crippen LogP contribution in [0.2, 0.25) is 0 Å². The lowest BCUT2D eigenvalue weighted by molar-refractivity contribution is -0.394. The van der Waals surface area contributed by atoms with Crippen LogP contribution in [-0.2, 0) is 4.79 Å². The van der Waals surface area contributed by atoms with E-state index >= 15 is 0 Å². The number of ketones is 1. The van der Waals surface area contributed by atoms with E-state index in [1.807, 2.05) is 0 Å². The number of amides is 1. The summed E-state index contributed by atoms with van der Waals surface area (Å²) in [6, 6.07) is 2.55. The molecule has 78 valence electrons. The summed E-state index contributed by atoms with van der Waals surface area (Å²) in [5.41, 5.74) is 0. The van der Waals surface area contributed by atoms with E-state index in [4.69, 9.17) is 0 Å². The SMILES string of the molecule is O.O.O=C(C(=O)[N+](=O)[O-])c1ccco1. The lowest BCUT2D eigenvalue weighted by Gasteiger charge is -1.85. The molecule has 0 saturated heterocycles. The summed E-state index contributed by atoms with van der Waals surface area (Å²) in [7, 11) is 0. The van der Waals surface area contributed by atoms with E-state index < -0.39 is 16.6 Å². The highest BCUT2D eigenvalue weighted by atomic mass is 16.6. The van der Waals surface area contributed by atoms with E-state index in [1.165, 1.54) is 12.1 Å². The van der Waals surface area contributed by atoms with Crippen molar-refractivity contribution in [3.05, 3.63) is 34.3 Å². The summed E-state index contributed by atoms with van der Waals surface area (Å²) in [6.45, 7) is 0. The van der Waals surface area contributed by atoms with Crippen LogP contribution in [0.15, 0.2) is 22.8 Å². The molecule has 0 aliphatic rings. The van der Waals surface area contributed by atoms with Gasteiger partial charge in [0.15, 0.2) is 5.76 Å². The number of nitrogens with zero attached hydrogens (tertiary/aromatic N) is 1. The molecule has 4 N–H and O–H groups in total. The molecule has 8 heteroatoms. The first-order valence-corrected chi connectivity index (χ1v) is 2.89. The Kier molecular flexibility index (Phi) is 5.75. The summed E-state index contributed by atoms with van der Waals surface area (Å²) in [5.74, 6) is -3.26. The van der Waals surface area contributed by atoms with Crippen molar-refractivity contribution >= 4 is 11.7 Å². The van der Waals surface area contributed by atoms with Gasteiger partial charge in [-0.2, -0.15) is 0 Å². The van der Waals surface area contributed by atoms with Gasteiger partial charge in [0.2, 0.25) is 0 Å². The van der Waals surface area contributed by atoms with Crippen LogP contribution in [0.3, 0.4) is 0 Å². The third kappa shape index (κ3) is 2.77. The molecule has 0 atom stereocenters. The Morgan fingerprint density at radius 1 is 1.36 bits per heavy atom. The van der Waals surface area contributed by atoms with E-state index in [1.54, 1.807) is 0 Å². The number of hydrogen-bond acceptors (Lipinski definition) is 5. The molecule has 0 aromatic carbocycles. The molecule has 0 aliphatic heterocycles. The molecule has 1 heterocycles. The van der Waals surface area contributed by atoms with Crippen LogP contribution in [0.4, 0.5) is 0 Å². The fraction of sp³-hybridized carbons (Fsp3) is 0. The number of nitro groups is 1. The minimum absolute atomic E-state index is 0. The third-order valence-corrected chi connectivity index (χ3v) is 1.11. The summed E-state index contributed by atoms with van der Waals surface area (Å²) in [6.07, 6.45) is 1.15. The Morgan fingerprint density at radius 3 is 2.29 bits per heavy atom. The monoisotopic (exact) mass is 205 g/mol. The second-order valence-corrected chi connectivity index (χ2v) is 1.87. The predicted molar refractivity (Wildman–Crippen MR) is 42.3 cm³/mol. The van der Waals surface area contributed by atoms with Crippen molar-refractivity contribution in [3.63, 3.8) is 0 Å². The van der Waals surface area contributed by atoms with Gasteiger partial charge in [-0.25, -0.2) is 4.79 Å². The predicted octanol–water partition coefficient (Wildman–Crippen LogP) is -1.38. The van der Waals surface area contributed by atoms with Gasteiger partial charge in [-0.15, -0.1) is 0 Å². The maximum atomic E-state index is 10.8. The molecule has 1 rings (SSSR count). The second-order valence-electron chi connectivity index (χ2n) is 1.87. The van der Waals surface area contributed by atoms with E-state index in [0.717, 1.165) is 6.26 Å². The Hall–Kier alpha value is -2.06. The van der Waals surface area contributed by atoms with Crippen molar-refractivity contribution in [2.24, 2.45) is 0 Å². The number of hydrogen-bond donors (Lipinski definition) is 0. The molecule has 14 heavy (non-hydrogen) atoms. The van der Waals surface area contributed by atoms with Crippen LogP contribution in [0, 0.1) is 10.1 Å². The lowest BCUT2D eigenvalue weighted by Crippen LogP contribution is -2.22. The summed E-state index contributed by atoms with van der Waals surface area (Å²) in [5, 5.41) is 9.83. The van der Waals surface area contributed by atoms with Gasteiger partial charge < -0.3 is 15.4 Å². The molecule has 1 amide bonds. The molecule has 0 fully saturated rings. The van der Waals surface area contributed by atoms with Crippen LogP contribution in [0.1, 0.15) is 10.6 Å². The van der Waals surface area contributed by atoms with Crippen LogP contribution in [-0.4, -0.2) is 27.6 Å². The molecule has 8 nitrogen and oxygen atoms in total.